The van der Waals surface area contributed by atoms with E-state index >= 15 is 0 Å². The Morgan fingerprint density at radius 2 is 1.79 bits per heavy atom. The monoisotopic (exact) mass is 402 g/mol. The molecule has 1 aromatic heterocycles. The van der Waals surface area contributed by atoms with Gasteiger partial charge in [0.1, 0.15) is 0 Å². The van der Waals surface area contributed by atoms with Crippen LogP contribution in [-0.4, -0.2) is 52.9 Å². The Balaban J connectivity index is 1.64. The minimum atomic E-state index is -3.61. The zero-order valence-electron chi connectivity index (χ0n) is 16.4. The van der Waals surface area contributed by atoms with E-state index in [1.54, 1.807) is 16.8 Å². The Kier molecular flexibility index (Phi) is 5.01. The van der Waals surface area contributed by atoms with Crippen LogP contribution in [-0.2, 0) is 36.5 Å². The Morgan fingerprint density at radius 1 is 1.11 bits per heavy atom. The van der Waals surface area contributed by atoms with Crippen molar-refractivity contribution in [3.63, 3.8) is 0 Å². The van der Waals surface area contributed by atoms with Gasteiger partial charge in [0, 0.05) is 50.9 Å². The molecule has 2 aliphatic heterocycles. The predicted molar refractivity (Wildman–Crippen MR) is 105 cm³/mol. The molecule has 3 heterocycles. The summed E-state index contributed by atoms with van der Waals surface area (Å²) in [6.45, 7) is 4.11. The molecule has 28 heavy (non-hydrogen) atoms. The molecule has 0 bridgehead atoms. The van der Waals surface area contributed by atoms with Crippen LogP contribution in [0.15, 0.2) is 29.2 Å². The number of nitrogens with zero attached hydrogens (tertiary/aromatic N) is 4. The standard InChI is InChI=1S/C20H26N4O3S/c1-3-15-6-8-16(9-7-15)28(26,27)24-13-10-18-17(14-24)19(21-22(18)2)20(25)23-11-4-5-12-23/h6-9H,3-5,10-14H2,1-2H3. The molecule has 2 aliphatic rings. The van der Waals surface area contributed by atoms with Crippen molar-refractivity contribution < 1.29 is 13.2 Å². The van der Waals surface area contributed by atoms with Gasteiger partial charge in [0.2, 0.25) is 10.0 Å². The molecule has 7 nitrogen and oxygen atoms in total. The fraction of sp³-hybridized carbons (Fsp3) is 0.500. The number of sulfonamides is 1. The Morgan fingerprint density at radius 3 is 2.43 bits per heavy atom. The second-order valence-corrected chi connectivity index (χ2v) is 9.42. The Labute approximate surface area is 166 Å². The molecular weight excluding hydrogens is 376 g/mol. The molecule has 0 aliphatic carbocycles. The first-order valence-electron chi connectivity index (χ1n) is 9.85. The van der Waals surface area contributed by atoms with E-state index in [1.807, 2.05) is 31.0 Å². The molecular formula is C20H26N4O3S. The summed E-state index contributed by atoms with van der Waals surface area (Å²) in [5, 5.41) is 4.45. The van der Waals surface area contributed by atoms with E-state index in [2.05, 4.69) is 5.10 Å². The highest BCUT2D eigenvalue weighted by atomic mass is 32.2. The lowest BCUT2D eigenvalue weighted by molar-refractivity contribution is 0.0784. The zero-order valence-corrected chi connectivity index (χ0v) is 17.2. The van der Waals surface area contributed by atoms with Crippen molar-refractivity contribution in [2.75, 3.05) is 19.6 Å². The minimum Gasteiger partial charge on any atom is -0.337 e. The van der Waals surface area contributed by atoms with Gasteiger partial charge in [-0.05, 0) is 37.0 Å². The van der Waals surface area contributed by atoms with Crippen molar-refractivity contribution in [1.82, 2.24) is 19.0 Å². The van der Waals surface area contributed by atoms with Crippen LogP contribution in [0.25, 0.3) is 0 Å². The molecule has 0 unspecified atom stereocenters. The third kappa shape index (κ3) is 3.24. The van der Waals surface area contributed by atoms with Crippen molar-refractivity contribution in [3.8, 4) is 0 Å². The van der Waals surface area contributed by atoms with E-state index in [-0.39, 0.29) is 12.5 Å². The number of carbonyl (C=O) groups excluding carboxylic acids is 1. The molecule has 4 rings (SSSR count). The minimum absolute atomic E-state index is 0.0825. The molecule has 1 fully saturated rings. The third-order valence-electron chi connectivity index (χ3n) is 5.77. The third-order valence-corrected chi connectivity index (χ3v) is 7.63. The first-order chi connectivity index (χ1) is 13.4. The highest BCUT2D eigenvalue weighted by Gasteiger charge is 2.35. The number of aryl methyl sites for hydroxylation is 2. The van der Waals surface area contributed by atoms with Crippen molar-refractivity contribution in [3.05, 3.63) is 46.8 Å². The zero-order chi connectivity index (χ0) is 19.9. The number of fused-ring (bicyclic) bond motifs is 1. The van der Waals surface area contributed by atoms with Crippen LogP contribution in [0.2, 0.25) is 0 Å². The second kappa shape index (κ2) is 7.33. The van der Waals surface area contributed by atoms with E-state index in [0.29, 0.717) is 23.6 Å². The van der Waals surface area contributed by atoms with E-state index in [1.165, 1.54) is 4.31 Å². The summed E-state index contributed by atoms with van der Waals surface area (Å²) in [4.78, 5) is 15.0. The first kappa shape index (κ1) is 19.1. The maximum atomic E-state index is 13.1. The summed E-state index contributed by atoms with van der Waals surface area (Å²) >= 11 is 0. The molecule has 2 aromatic rings. The summed E-state index contributed by atoms with van der Waals surface area (Å²) in [6, 6.07) is 7.05. The number of carbonyl (C=O) groups is 1. The SMILES string of the molecule is CCc1ccc(S(=O)(=O)N2CCc3c(c(C(=O)N4CCCC4)nn3C)C2)cc1. The van der Waals surface area contributed by atoms with Crippen molar-refractivity contribution in [2.24, 2.45) is 7.05 Å². The molecule has 0 atom stereocenters. The molecule has 1 aromatic carbocycles. The quantitative estimate of drug-likeness (QED) is 0.784. The van der Waals surface area contributed by atoms with Crippen LogP contribution < -0.4 is 0 Å². The Bertz CT molecular complexity index is 989. The van der Waals surface area contributed by atoms with Gasteiger partial charge in [0.15, 0.2) is 5.69 Å². The number of rotatable bonds is 4. The smallest absolute Gasteiger partial charge is 0.274 e. The van der Waals surface area contributed by atoms with Gasteiger partial charge in [-0.15, -0.1) is 0 Å². The summed E-state index contributed by atoms with van der Waals surface area (Å²) in [6.07, 6.45) is 3.44. The molecule has 0 radical (unpaired) electrons. The summed E-state index contributed by atoms with van der Waals surface area (Å²) < 4.78 is 29.5. The highest BCUT2D eigenvalue weighted by Crippen LogP contribution is 2.28. The van der Waals surface area contributed by atoms with Crippen LogP contribution >= 0.6 is 0 Å². The lowest BCUT2D eigenvalue weighted by Gasteiger charge is -2.27. The fourth-order valence-corrected chi connectivity index (χ4v) is 5.47. The maximum absolute atomic E-state index is 13.1. The van der Waals surface area contributed by atoms with Gasteiger partial charge in [-0.1, -0.05) is 19.1 Å². The molecule has 150 valence electrons. The average Bonchev–Trinajstić information content (AvgIpc) is 3.36. The molecule has 1 saturated heterocycles. The lowest BCUT2D eigenvalue weighted by atomic mass is 10.1. The number of hydrogen-bond donors (Lipinski definition) is 0. The van der Waals surface area contributed by atoms with Crippen molar-refractivity contribution in [1.29, 1.82) is 0 Å². The van der Waals surface area contributed by atoms with Crippen LogP contribution in [0.4, 0.5) is 0 Å². The molecule has 0 spiro atoms. The van der Waals surface area contributed by atoms with Crippen LogP contribution in [0.3, 0.4) is 0 Å². The average molecular weight is 403 g/mol. The Hall–Kier alpha value is -2.19. The predicted octanol–water partition coefficient (Wildman–Crippen LogP) is 1.97. The van der Waals surface area contributed by atoms with Gasteiger partial charge < -0.3 is 4.90 Å². The van der Waals surface area contributed by atoms with E-state index in [4.69, 9.17) is 0 Å². The number of benzene rings is 1. The van der Waals surface area contributed by atoms with Crippen molar-refractivity contribution in [2.45, 2.75) is 44.0 Å². The number of hydrogen-bond acceptors (Lipinski definition) is 4. The van der Waals surface area contributed by atoms with Crippen LogP contribution in [0.5, 0.6) is 0 Å². The molecule has 0 saturated carbocycles. The van der Waals surface area contributed by atoms with E-state index < -0.39 is 10.0 Å². The largest absolute Gasteiger partial charge is 0.337 e. The summed E-state index contributed by atoms with van der Waals surface area (Å²) in [5.74, 6) is -0.0825. The number of amides is 1. The van der Waals surface area contributed by atoms with Gasteiger partial charge in [0.05, 0.1) is 4.90 Å². The van der Waals surface area contributed by atoms with Crippen molar-refractivity contribution >= 4 is 15.9 Å². The molecule has 1 amide bonds. The second-order valence-electron chi connectivity index (χ2n) is 7.48. The van der Waals surface area contributed by atoms with Crippen LogP contribution in [0.1, 0.15) is 47.1 Å². The first-order valence-corrected chi connectivity index (χ1v) is 11.3. The lowest BCUT2D eigenvalue weighted by Crippen LogP contribution is -2.37. The fourth-order valence-electron chi connectivity index (χ4n) is 4.06. The topological polar surface area (TPSA) is 75.5 Å². The van der Waals surface area contributed by atoms with Gasteiger partial charge in [-0.3, -0.25) is 9.48 Å². The normalized spacial score (nSPS) is 17.7. The molecule has 8 heteroatoms. The number of likely N-dealkylation sites (tertiary alicyclic amines) is 1. The van der Waals surface area contributed by atoms with E-state index in [0.717, 1.165) is 49.2 Å². The van der Waals surface area contributed by atoms with E-state index in [9.17, 15) is 13.2 Å². The number of aromatic nitrogens is 2. The van der Waals surface area contributed by atoms with Crippen LogP contribution in [0, 0.1) is 0 Å². The molecule has 0 N–H and O–H groups in total. The van der Waals surface area contributed by atoms with Gasteiger partial charge in [0.25, 0.3) is 5.91 Å². The maximum Gasteiger partial charge on any atom is 0.274 e. The van der Waals surface area contributed by atoms with Gasteiger partial charge in [-0.2, -0.15) is 9.40 Å². The highest BCUT2D eigenvalue weighted by molar-refractivity contribution is 7.89. The summed E-state index contributed by atoms with van der Waals surface area (Å²) in [7, 11) is -1.78. The summed E-state index contributed by atoms with van der Waals surface area (Å²) in [5.41, 5.74) is 3.21. The van der Waals surface area contributed by atoms with Gasteiger partial charge >= 0.3 is 0 Å². The van der Waals surface area contributed by atoms with Gasteiger partial charge in [-0.25, -0.2) is 8.42 Å².